The van der Waals surface area contributed by atoms with Gasteiger partial charge in [0.2, 0.25) is 0 Å². The van der Waals surface area contributed by atoms with Gasteiger partial charge in [0.05, 0.1) is 11.0 Å². The fraction of sp³-hybridized carbons (Fsp3) is 0.143. The van der Waals surface area contributed by atoms with Crippen LogP contribution >= 0.6 is 0 Å². The van der Waals surface area contributed by atoms with Crippen molar-refractivity contribution in [3.8, 4) is 0 Å². The molecule has 0 aliphatic heterocycles. The van der Waals surface area contributed by atoms with Crippen LogP contribution in [0.25, 0.3) is 43.6 Å². The zero-order valence-electron chi connectivity index (χ0n) is 12.7. The Labute approximate surface area is 133 Å². The molecular weight excluding hydrogens is 280 g/mol. The maximum Gasteiger partial charge on any atom is 0.0569 e. The second-order valence-electron chi connectivity index (χ2n) is 6.65. The van der Waals surface area contributed by atoms with Crippen molar-refractivity contribution in [1.29, 1.82) is 0 Å². The van der Waals surface area contributed by atoms with Crippen LogP contribution in [-0.2, 0) is 12.8 Å². The molecule has 6 rings (SSSR count). The van der Waals surface area contributed by atoms with Crippen LogP contribution in [0.3, 0.4) is 0 Å². The molecule has 0 fully saturated rings. The Balaban J connectivity index is 2.01. The smallest absolute Gasteiger partial charge is 0.0569 e. The minimum atomic E-state index is 1.19. The summed E-state index contributed by atoms with van der Waals surface area (Å²) < 4.78 is 0. The van der Waals surface area contributed by atoms with Gasteiger partial charge in [-0.3, -0.25) is 0 Å². The summed E-state index contributed by atoms with van der Waals surface area (Å²) in [5.74, 6) is 0. The number of rotatable bonds is 0. The van der Waals surface area contributed by atoms with E-state index in [4.69, 9.17) is 0 Å². The lowest BCUT2D eigenvalue weighted by Crippen LogP contribution is -1.87. The molecule has 2 heteroatoms. The number of benzene rings is 3. The van der Waals surface area contributed by atoms with E-state index in [-0.39, 0.29) is 0 Å². The average molecular weight is 296 g/mol. The standard InChI is InChI=1S/C21H16N2/c1-3-10-16-14(6-1)18-12-8-5-9-13(12)20-19(21(18)23-16)15-7-2-4-11-17(15)22-20/h1-4,6-7,10-11,22-23H,5,8-9H2. The van der Waals surface area contributed by atoms with Crippen molar-refractivity contribution in [1.82, 2.24) is 9.97 Å². The number of aromatic amines is 2. The van der Waals surface area contributed by atoms with Crippen LogP contribution in [0, 0.1) is 0 Å². The second-order valence-corrected chi connectivity index (χ2v) is 6.65. The van der Waals surface area contributed by atoms with Crippen LogP contribution in [0.5, 0.6) is 0 Å². The monoisotopic (exact) mass is 296 g/mol. The van der Waals surface area contributed by atoms with E-state index in [0.29, 0.717) is 0 Å². The largest absolute Gasteiger partial charge is 0.354 e. The zero-order chi connectivity index (χ0) is 15.0. The van der Waals surface area contributed by atoms with Crippen molar-refractivity contribution in [3.63, 3.8) is 0 Å². The maximum absolute atomic E-state index is 3.71. The van der Waals surface area contributed by atoms with E-state index in [1.165, 1.54) is 68.4 Å². The van der Waals surface area contributed by atoms with E-state index < -0.39 is 0 Å². The lowest BCUT2D eigenvalue weighted by atomic mass is 9.98. The molecule has 2 nitrogen and oxygen atoms in total. The first-order valence-corrected chi connectivity index (χ1v) is 8.36. The van der Waals surface area contributed by atoms with E-state index in [1.54, 1.807) is 5.56 Å². The van der Waals surface area contributed by atoms with E-state index in [9.17, 15) is 0 Å². The number of hydrogen-bond donors (Lipinski definition) is 2. The predicted molar refractivity (Wildman–Crippen MR) is 97.2 cm³/mol. The topological polar surface area (TPSA) is 31.6 Å². The predicted octanol–water partition coefficient (Wildman–Crippen LogP) is 5.44. The SMILES string of the molecule is c1ccc2c(c1)[nH]c1c2c2c(c3[nH]c4ccccc4c31)CCC2. The molecule has 0 radical (unpaired) electrons. The molecule has 0 saturated heterocycles. The third-order valence-electron chi connectivity index (χ3n) is 5.48. The first-order chi connectivity index (χ1) is 11.4. The summed E-state index contributed by atoms with van der Waals surface area (Å²) in [6.45, 7) is 0. The Bertz CT molecular complexity index is 1240. The Morgan fingerprint density at radius 1 is 0.609 bits per heavy atom. The highest BCUT2D eigenvalue weighted by molar-refractivity contribution is 6.26. The molecule has 0 bridgehead atoms. The molecule has 110 valence electrons. The van der Waals surface area contributed by atoms with Gasteiger partial charge in [0.25, 0.3) is 0 Å². The van der Waals surface area contributed by atoms with Gasteiger partial charge in [-0.15, -0.1) is 0 Å². The van der Waals surface area contributed by atoms with Gasteiger partial charge < -0.3 is 9.97 Å². The fourth-order valence-electron chi connectivity index (χ4n) is 4.57. The van der Waals surface area contributed by atoms with Gasteiger partial charge >= 0.3 is 0 Å². The number of para-hydroxylation sites is 2. The van der Waals surface area contributed by atoms with Gasteiger partial charge in [-0.1, -0.05) is 36.4 Å². The quantitative estimate of drug-likeness (QED) is 0.381. The number of hydrogen-bond acceptors (Lipinski definition) is 0. The van der Waals surface area contributed by atoms with Crippen molar-refractivity contribution in [2.24, 2.45) is 0 Å². The minimum Gasteiger partial charge on any atom is -0.354 e. The number of aromatic nitrogens is 2. The lowest BCUT2D eigenvalue weighted by Gasteiger charge is -2.05. The number of fused-ring (bicyclic) bond motifs is 10. The van der Waals surface area contributed by atoms with Gasteiger partial charge in [0.1, 0.15) is 0 Å². The van der Waals surface area contributed by atoms with Crippen molar-refractivity contribution >= 4 is 43.6 Å². The Hall–Kier alpha value is -2.74. The second kappa shape index (κ2) is 3.96. The Morgan fingerprint density at radius 2 is 1.22 bits per heavy atom. The normalized spacial score (nSPS) is 14.4. The molecule has 0 unspecified atom stereocenters. The molecule has 1 aliphatic carbocycles. The molecule has 2 N–H and O–H groups in total. The van der Waals surface area contributed by atoms with E-state index in [0.717, 1.165) is 0 Å². The summed E-state index contributed by atoms with van der Waals surface area (Å²) in [4.78, 5) is 7.40. The number of H-pyrrole nitrogens is 2. The molecule has 23 heavy (non-hydrogen) atoms. The summed E-state index contributed by atoms with van der Waals surface area (Å²) in [5, 5.41) is 5.51. The number of aryl methyl sites for hydroxylation is 2. The zero-order valence-corrected chi connectivity index (χ0v) is 12.7. The lowest BCUT2D eigenvalue weighted by molar-refractivity contribution is 0.915. The van der Waals surface area contributed by atoms with Crippen LogP contribution < -0.4 is 0 Å². The summed E-state index contributed by atoms with van der Waals surface area (Å²) in [6.07, 6.45) is 3.64. The van der Waals surface area contributed by atoms with Crippen molar-refractivity contribution in [2.45, 2.75) is 19.3 Å². The molecule has 2 aromatic heterocycles. The van der Waals surface area contributed by atoms with Crippen molar-refractivity contribution < 1.29 is 0 Å². The Kier molecular flexibility index (Phi) is 2.03. The van der Waals surface area contributed by atoms with Crippen LogP contribution in [-0.4, -0.2) is 9.97 Å². The first kappa shape index (κ1) is 11.8. The van der Waals surface area contributed by atoms with Crippen LogP contribution in [0.15, 0.2) is 48.5 Å². The van der Waals surface area contributed by atoms with Gasteiger partial charge in [-0.25, -0.2) is 0 Å². The summed E-state index contributed by atoms with van der Waals surface area (Å²) in [6, 6.07) is 17.4. The average Bonchev–Trinajstić information content (AvgIpc) is 3.28. The summed E-state index contributed by atoms with van der Waals surface area (Å²) in [5.41, 5.74) is 8.22. The molecule has 0 spiro atoms. The molecule has 0 atom stereocenters. The van der Waals surface area contributed by atoms with E-state index in [2.05, 4.69) is 58.5 Å². The van der Waals surface area contributed by atoms with Gasteiger partial charge in [0.15, 0.2) is 0 Å². The highest BCUT2D eigenvalue weighted by atomic mass is 14.8. The molecule has 1 aliphatic rings. The molecule has 0 amide bonds. The van der Waals surface area contributed by atoms with E-state index in [1.807, 2.05) is 0 Å². The highest BCUT2D eigenvalue weighted by Crippen LogP contribution is 2.43. The summed E-state index contributed by atoms with van der Waals surface area (Å²) in [7, 11) is 0. The minimum absolute atomic E-state index is 1.19. The van der Waals surface area contributed by atoms with Gasteiger partial charge in [-0.2, -0.15) is 0 Å². The van der Waals surface area contributed by atoms with Gasteiger partial charge in [0, 0.05) is 32.6 Å². The first-order valence-electron chi connectivity index (χ1n) is 8.36. The molecule has 3 aromatic carbocycles. The third-order valence-corrected chi connectivity index (χ3v) is 5.48. The Morgan fingerprint density at radius 3 is 2.00 bits per heavy atom. The maximum atomic E-state index is 3.71. The van der Waals surface area contributed by atoms with E-state index >= 15 is 0 Å². The molecular formula is C21H16N2. The van der Waals surface area contributed by atoms with Crippen LogP contribution in [0.4, 0.5) is 0 Å². The van der Waals surface area contributed by atoms with Gasteiger partial charge in [-0.05, 0) is 42.5 Å². The molecule has 0 saturated carbocycles. The highest BCUT2D eigenvalue weighted by Gasteiger charge is 2.23. The van der Waals surface area contributed by atoms with Crippen molar-refractivity contribution in [2.75, 3.05) is 0 Å². The summed E-state index contributed by atoms with van der Waals surface area (Å²) >= 11 is 0. The fourth-order valence-corrected chi connectivity index (χ4v) is 4.57. The molecule has 2 heterocycles. The third kappa shape index (κ3) is 1.35. The van der Waals surface area contributed by atoms with Crippen LogP contribution in [0.2, 0.25) is 0 Å². The molecule has 5 aromatic rings. The number of nitrogens with one attached hydrogen (secondary N) is 2. The van der Waals surface area contributed by atoms with Crippen LogP contribution in [0.1, 0.15) is 17.5 Å². The van der Waals surface area contributed by atoms with Crippen molar-refractivity contribution in [3.05, 3.63) is 59.7 Å².